The fourth-order valence-corrected chi connectivity index (χ4v) is 3.81. The van der Waals surface area contributed by atoms with Gasteiger partial charge in [-0.15, -0.1) is 0 Å². The predicted molar refractivity (Wildman–Crippen MR) is 82.9 cm³/mol. The number of rotatable bonds is 7. The Bertz CT molecular complexity index is 571. The van der Waals surface area contributed by atoms with Crippen molar-refractivity contribution in [1.29, 1.82) is 0 Å². The zero-order valence-corrected chi connectivity index (χ0v) is 13.9. The number of sulfone groups is 1. The van der Waals surface area contributed by atoms with Crippen LogP contribution in [0.5, 0.6) is 0 Å². The summed E-state index contributed by atoms with van der Waals surface area (Å²) in [6.07, 6.45) is -0.699. The summed E-state index contributed by atoms with van der Waals surface area (Å²) in [7, 11) is -3.58. The minimum atomic E-state index is -3.58. The lowest BCUT2D eigenvalue weighted by molar-refractivity contribution is -0.125. The van der Waals surface area contributed by atoms with Crippen LogP contribution in [0.25, 0.3) is 0 Å². The van der Waals surface area contributed by atoms with E-state index in [0.717, 1.165) is 5.56 Å². The molecule has 1 rings (SSSR count). The number of benzene rings is 1. The van der Waals surface area contributed by atoms with Crippen LogP contribution in [0.4, 0.5) is 0 Å². The summed E-state index contributed by atoms with van der Waals surface area (Å²) in [6, 6.07) is 6.52. The second-order valence-corrected chi connectivity index (χ2v) is 8.04. The van der Waals surface area contributed by atoms with Gasteiger partial charge in [-0.3, -0.25) is 4.79 Å². The zero-order chi connectivity index (χ0) is 16.2. The summed E-state index contributed by atoms with van der Waals surface area (Å²) in [4.78, 5) is 12.3. The fourth-order valence-electron chi connectivity index (χ4n) is 2.13. The van der Waals surface area contributed by atoms with Crippen molar-refractivity contribution in [3.05, 3.63) is 29.8 Å². The zero-order valence-electron chi connectivity index (χ0n) is 13.0. The molecule has 0 aliphatic heterocycles. The Kier molecular flexibility index (Phi) is 6.10. The third-order valence-corrected chi connectivity index (χ3v) is 5.17. The second-order valence-electron chi connectivity index (χ2n) is 6.01. The van der Waals surface area contributed by atoms with E-state index in [4.69, 9.17) is 0 Å². The van der Waals surface area contributed by atoms with Gasteiger partial charge in [0.25, 0.3) is 0 Å². The minimum Gasteiger partial charge on any atom is -0.393 e. The molecule has 0 aliphatic rings. The van der Waals surface area contributed by atoms with E-state index in [2.05, 4.69) is 0 Å². The minimum absolute atomic E-state index is 0.140. The van der Waals surface area contributed by atoms with Crippen LogP contribution in [-0.2, 0) is 14.6 Å². The summed E-state index contributed by atoms with van der Waals surface area (Å²) >= 11 is 0. The highest BCUT2D eigenvalue weighted by Gasteiger charge is 2.30. The number of hydrogen-bond donors (Lipinski definition) is 1. The molecule has 0 unspecified atom stereocenters. The maximum atomic E-state index is 12.4. The first-order chi connectivity index (χ1) is 9.63. The maximum Gasteiger partial charge on any atom is 0.179 e. The number of carbonyl (C=O) groups excluding carboxylic acids is 1. The highest BCUT2D eigenvalue weighted by molar-refractivity contribution is 7.91. The molecule has 4 nitrogen and oxygen atoms in total. The van der Waals surface area contributed by atoms with Gasteiger partial charge >= 0.3 is 0 Å². The highest BCUT2D eigenvalue weighted by Crippen LogP contribution is 2.20. The molecular formula is C16H24O4S. The van der Waals surface area contributed by atoms with E-state index in [-0.39, 0.29) is 28.8 Å². The van der Waals surface area contributed by atoms with Crippen molar-refractivity contribution in [1.82, 2.24) is 0 Å². The van der Waals surface area contributed by atoms with E-state index in [1.807, 2.05) is 20.8 Å². The van der Waals surface area contributed by atoms with E-state index in [1.165, 1.54) is 19.1 Å². The molecule has 0 saturated carbocycles. The molecule has 0 saturated heterocycles. The lowest BCUT2D eigenvalue weighted by Gasteiger charge is -2.19. The van der Waals surface area contributed by atoms with Crippen LogP contribution in [-0.4, -0.2) is 31.2 Å². The quantitative estimate of drug-likeness (QED) is 0.839. The van der Waals surface area contributed by atoms with Gasteiger partial charge in [0.15, 0.2) is 9.84 Å². The molecule has 5 heteroatoms. The van der Waals surface area contributed by atoms with E-state index in [0.29, 0.717) is 0 Å². The predicted octanol–water partition coefficient (Wildman–Crippen LogP) is 2.38. The third-order valence-electron chi connectivity index (χ3n) is 3.38. The van der Waals surface area contributed by atoms with Crippen LogP contribution < -0.4 is 0 Å². The third kappa shape index (κ3) is 5.25. The first-order valence-corrected chi connectivity index (χ1v) is 8.79. The van der Waals surface area contributed by atoms with Crippen LogP contribution in [0.2, 0.25) is 0 Å². The van der Waals surface area contributed by atoms with E-state index in [1.54, 1.807) is 12.1 Å². The van der Waals surface area contributed by atoms with Crippen molar-refractivity contribution in [2.75, 3.05) is 5.75 Å². The van der Waals surface area contributed by atoms with Crippen LogP contribution in [0, 0.1) is 18.8 Å². The number of Topliss-reactive ketones (excluding diaryl/α,β-unsaturated/α-hetero) is 1. The molecule has 0 bridgehead atoms. The summed E-state index contributed by atoms with van der Waals surface area (Å²) < 4.78 is 24.8. The number of ketones is 1. The molecule has 1 aromatic carbocycles. The highest BCUT2D eigenvalue weighted by atomic mass is 32.2. The average Bonchev–Trinajstić information content (AvgIpc) is 2.35. The lowest BCUT2D eigenvalue weighted by atomic mass is 9.94. The van der Waals surface area contributed by atoms with Crippen molar-refractivity contribution in [2.24, 2.45) is 11.8 Å². The average molecular weight is 312 g/mol. The van der Waals surface area contributed by atoms with Gasteiger partial charge in [-0.2, -0.15) is 0 Å². The van der Waals surface area contributed by atoms with Crippen LogP contribution >= 0.6 is 0 Å². The van der Waals surface area contributed by atoms with Crippen molar-refractivity contribution >= 4 is 15.6 Å². The molecule has 0 radical (unpaired) electrons. The Hall–Kier alpha value is -1.20. The Morgan fingerprint density at radius 2 is 1.67 bits per heavy atom. The first kappa shape index (κ1) is 17.9. The normalized spacial score (nSPS) is 15.0. The smallest absolute Gasteiger partial charge is 0.179 e. The van der Waals surface area contributed by atoms with Crippen molar-refractivity contribution < 1.29 is 18.3 Å². The van der Waals surface area contributed by atoms with Crippen molar-refractivity contribution in [3.8, 4) is 0 Å². The van der Waals surface area contributed by atoms with Crippen LogP contribution in [0.1, 0.15) is 32.8 Å². The molecule has 2 atom stereocenters. The number of carbonyl (C=O) groups is 1. The van der Waals surface area contributed by atoms with E-state index < -0.39 is 21.9 Å². The van der Waals surface area contributed by atoms with Gasteiger partial charge in [0.2, 0.25) is 0 Å². The lowest BCUT2D eigenvalue weighted by Crippen LogP contribution is -2.33. The molecule has 0 amide bonds. The number of hydrogen-bond acceptors (Lipinski definition) is 4. The summed E-state index contributed by atoms with van der Waals surface area (Å²) in [5, 5.41) is 9.76. The molecule has 1 N–H and O–H groups in total. The van der Waals surface area contributed by atoms with Gasteiger partial charge in [0.05, 0.1) is 22.7 Å². The summed E-state index contributed by atoms with van der Waals surface area (Å²) in [6.45, 7) is 7.13. The van der Waals surface area contributed by atoms with E-state index >= 15 is 0 Å². The Morgan fingerprint density at radius 3 is 2.10 bits per heavy atom. The first-order valence-electron chi connectivity index (χ1n) is 7.13. The second kappa shape index (κ2) is 7.18. The van der Waals surface area contributed by atoms with Crippen LogP contribution in [0.15, 0.2) is 29.2 Å². The summed E-state index contributed by atoms with van der Waals surface area (Å²) in [5.74, 6) is -1.28. The Morgan fingerprint density at radius 1 is 1.14 bits per heavy atom. The van der Waals surface area contributed by atoms with Gasteiger partial charge < -0.3 is 5.11 Å². The molecule has 21 heavy (non-hydrogen) atoms. The van der Waals surface area contributed by atoms with Gasteiger partial charge in [-0.05, 0) is 31.9 Å². The SMILES string of the molecule is Cc1ccc(S(=O)(=O)C[C@@H](C(=O)CC(C)C)[C@@H](C)O)cc1. The number of aryl methyl sites for hydroxylation is 1. The molecular weight excluding hydrogens is 288 g/mol. The number of aliphatic hydroxyl groups excluding tert-OH is 1. The topological polar surface area (TPSA) is 71.4 Å². The molecule has 1 aromatic rings. The number of aliphatic hydroxyl groups is 1. The van der Waals surface area contributed by atoms with Gasteiger partial charge in [0, 0.05) is 6.42 Å². The molecule has 0 aliphatic carbocycles. The largest absolute Gasteiger partial charge is 0.393 e. The van der Waals surface area contributed by atoms with Gasteiger partial charge in [-0.25, -0.2) is 8.42 Å². The Labute approximate surface area is 127 Å². The van der Waals surface area contributed by atoms with Crippen molar-refractivity contribution in [2.45, 2.75) is 45.1 Å². The van der Waals surface area contributed by atoms with Crippen molar-refractivity contribution in [3.63, 3.8) is 0 Å². The van der Waals surface area contributed by atoms with Gasteiger partial charge in [0.1, 0.15) is 5.78 Å². The molecule has 0 aromatic heterocycles. The summed E-state index contributed by atoms with van der Waals surface area (Å²) in [5.41, 5.74) is 0.969. The monoisotopic (exact) mass is 312 g/mol. The fraction of sp³-hybridized carbons (Fsp3) is 0.562. The van der Waals surface area contributed by atoms with Gasteiger partial charge in [-0.1, -0.05) is 31.5 Å². The van der Waals surface area contributed by atoms with E-state index in [9.17, 15) is 18.3 Å². The molecule has 118 valence electrons. The molecule has 0 heterocycles. The standard InChI is InChI=1S/C16H24O4S/c1-11(2)9-16(18)15(13(4)17)10-21(19,20)14-7-5-12(3)6-8-14/h5-8,11,13,15,17H,9-10H2,1-4H3/t13-,15-/m1/s1. The Balaban J connectivity index is 2.97. The maximum absolute atomic E-state index is 12.4. The molecule has 0 fully saturated rings. The van der Waals surface area contributed by atoms with Crippen LogP contribution in [0.3, 0.4) is 0 Å². The molecule has 0 spiro atoms.